The summed E-state index contributed by atoms with van der Waals surface area (Å²) in [5, 5.41) is 2.80. The van der Waals surface area contributed by atoms with Gasteiger partial charge in [-0.15, -0.1) is 0 Å². The van der Waals surface area contributed by atoms with Crippen molar-refractivity contribution >= 4 is 5.91 Å². The molecular formula is C12H14N2O2. The second kappa shape index (κ2) is 4.70. The van der Waals surface area contributed by atoms with Crippen LogP contribution in [0.4, 0.5) is 0 Å². The molecule has 2 aromatic heterocycles. The fourth-order valence-electron chi connectivity index (χ4n) is 1.52. The number of carbonyl (C=O) groups excluding carboxylic acids is 1. The molecule has 0 atom stereocenters. The average Bonchev–Trinajstić information content (AvgIpc) is 2.89. The Morgan fingerprint density at radius 3 is 3.00 bits per heavy atom. The van der Waals surface area contributed by atoms with E-state index in [1.807, 2.05) is 30.1 Å². The van der Waals surface area contributed by atoms with Gasteiger partial charge in [-0.3, -0.25) is 4.79 Å². The van der Waals surface area contributed by atoms with Crippen molar-refractivity contribution in [3.05, 3.63) is 48.2 Å². The molecule has 0 bridgehead atoms. The molecule has 0 radical (unpaired) electrons. The monoisotopic (exact) mass is 218 g/mol. The van der Waals surface area contributed by atoms with E-state index in [0.29, 0.717) is 12.3 Å². The molecule has 2 heterocycles. The fourth-order valence-corrected chi connectivity index (χ4v) is 1.52. The molecule has 0 aliphatic rings. The molecule has 2 rings (SSSR count). The van der Waals surface area contributed by atoms with Crippen molar-refractivity contribution in [2.45, 2.75) is 6.42 Å². The van der Waals surface area contributed by atoms with Crippen molar-refractivity contribution in [3.63, 3.8) is 0 Å². The van der Waals surface area contributed by atoms with E-state index in [2.05, 4.69) is 5.32 Å². The number of furan rings is 1. The van der Waals surface area contributed by atoms with Gasteiger partial charge in [-0.1, -0.05) is 0 Å². The third-order valence-corrected chi connectivity index (χ3v) is 2.34. The highest BCUT2D eigenvalue weighted by Gasteiger charge is 2.06. The SMILES string of the molecule is Cn1ccc(CCNC(=O)c2ccco2)c1. The molecule has 0 fully saturated rings. The number of aromatic nitrogens is 1. The number of aryl methyl sites for hydroxylation is 1. The Labute approximate surface area is 93.9 Å². The Bertz CT molecular complexity index is 457. The highest BCUT2D eigenvalue weighted by Crippen LogP contribution is 2.01. The van der Waals surface area contributed by atoms with Gasteiger partial charge < -0.3 is 14.3 Å². The van der Waals surface area contributed by atoms with E-state index in [4.69, 9.17) is 4.42 Å². The first-order chi connectivity index (χ1) is 7.75. The van der Waals surface area contributed by atoms with Crippen LogP contribution in [-0.4, -0.2) is 17.0 Å². The molecular weight excluding hydrogens is 204 g/mol. The van der Waals surface area contributed by atoms with Crippen molar-refractivity contribution in [1.82, 2.24) is 9.88 Å². The Balaban J connectivity index is 1.78. The normalized spacial score (nSPS) is 10.3. The van der Waals surface area contributed by atoms with Gasteiger partial charge in [0.2, 0.25) is 0 Å². The molecule has 0 unspecified atom stereocenters. The molecule has 0 aromatic carbocycles. The second-order valence-corrected chi connectivity index (χ2v) is 3.67. The summed E-state index contributed by atoms with van der Waals surface area (Å²) in [6, 6.07) is 5.39. The van der Waals surface area contributed by atoms with Crippen LogP contribution in [0.1, 0.15) is 16.1 Å². The van der Waals surface area contributed by atoms with E-state index in [0.717, 1.165) is 6.42 Å². The van der Waals surface area contributed by atoms with Gasteiger partial charge in [0.05, 0.1) is 6.26 Å². The number of amides is 1. The van der Waals surface area contributed by atoms with Crippen LogP contribution >= 0.6 is 0 Å². The van der Waals surface area contributed by atoms with E-state index in [1.165, 1.54) is 11.8 Å². The minimum atomic E-state index is -0.166. The van der Waals surface area contributed by atoms with Gasteiger partial charge in [-0.05, 0) is 30.2 Å². The molecule has 0 aliphatic carbocycles. The zero-order chi connectivity index (χ0) is 11.4. The first-order valence-corrected chi connectivity index (χ1v) is 5.18. The van der Waals surface area contributed by atoms with Crippen LogP contribution in [0, 0.1) is 0 Å². The molecule has 16 heavy (non-hydrogen) atoms. The van der Waals surface area contributed by atoms with Gasteiger partial charge >= 0.3 is 0 Å². The summed E-state index contributed by atoms with van der Waals surface area (Å²) in [7, 11) is 1.98. The van der Waals surface area contributed by atoms with Gasteiger partial charge in [0.1, 0.15) is 0 Å². The standard InChI is InChI=1S/C12H14N2O2/c1-14-7-5-10(9-14)4-6-13-12(15)11-3-2-8-16-11/h2-3,5,7-9H,4,6H2,1H3,(H,13,15). The Morgan fingerprint density at radius 1 is 1.50 bits per heavy atom. The van der Waals surface area contributed by atoms with E-state index < -0.39 is 0 Å². The van der Waals surface area contributed by atoms with Gasteiger partial charge in [0.25, 0.3) is 5.91 Å². The van der Waals surface area contributed by atoms with Gasteiger partial charge in [0.15, 0.2) is 5.76 Å². The van der Waals surface area contributed by atoms with Crippen molar-refractivity contribution in [1.29, 1.82) is 0 Å². The van der Waals surface area contributed by atoms with Crippen LogP contribution in [0.15, 0.2) is 41.3 Å². The van der Waals surface area contributed by atoms with Crippen LogP contribution in [0.5, 0.6) is 0 Å². The average molecular weight is 218 g/mol. The summed E-state index contributed by atoms with van der Waals surface area (Å²) in [6.07, 6.45) is 6.35. The highest BCUT2D eigenvalue weighted by atomic mass is 16.3. The molecule has 4 nitrogen and oxygen atoms in total. The lowest BCUT2D eigenvalue weighted by molar-refractivity contribution is 0.0926. The summed E-state index contributed by atoms with van der Waals surface area (Å²) in [5.74, 6) is 0.189. The first-order valence-electron chi connectivity index (χ1n) is 5.18. The molecule has 1 amide bonds. The molecule has 2 aromatic rings. The Hall–Kier alpha value is -1.97. The summed E-state index contributed by atoms with van der Waals surface area (Å²) >= 11 is 0. The quantitative estimate of drug-likeness (QED) is 0.847. The zero-order valence-electron chi connectivity index (χ0n) is 9.14. The van der Waals surface area contributed by atoms with Crippen LogP contribution in [-0.2, 0) is 13.5 Å². The minimum Gasteiger partial charge on any atom is -0.459 e. The molecule has 0 spiro atoms. The number of nitrogens with zero attached hydrogens (tertiary/aromatic N) is 1. The summed E-state index contributed by atoms with van der Waals surface area (Å²) < 4.78 is 6.98. The third-order valence-electron chi connectivity index (χ3n) is 2.34. The number of carbonyl (C=O) groups is 1. The molecule has 0 saturated heterocycles. The topological polar surface area (TPSA) is 47.2 Å². The van der Waals surface area contributed by atoms with E-state index >= 15 is 0 Å². The molecule has 4 heteroatoms. The predicted molar refractivity (Wildman–Crippen MR) is 60.2 cm³/mol. The van der Waals surface area contributed by atoms with Crippen LogP contribution in [0.3, 0.4) is 0 Å². The van der Waals surface area contributed by atoms with Crippen molar-refractivity contribution in [2.75, 3.05) is 6.54 Å². The Kier molecular flexibility index (Phi) is 3.10. The highest BCUT2D eigenvalue weighted by molar-refractivity contribution is 5.91. The first kappa shape index (κ1) is 10.5. The molecule has 0 saturated carbocycles. The number of hydrogen-bond donors (Lipinski definition) is 1. The fraction of sp³-hybridized carbons (Fsp3) is 0.250. The minimum absolute atomic E-state index is 0.166. The molecule has 1 N–H and O–H groups in total. The summed E-state index contributed by atoms with van der Waals surface area (Å²) in [5.41, 5.74) is 1.21. The number of rotatable bonds is 4. The smallest absolute Gasteiger partial charge is 0.286 e. The van der Waals surface area contributed by atoms with Crippen LogP contribution < -0.4 is 5.32 Å². The largest absolute Gasteiger partial charge is 0.459 e. The number of hydrogen-bond acceptors (Lipinski definition) is 2. The molecule has 0 aliphatic heterocycles. The van der Waals surface area contributed by atoms with Gasteiger partial charge in [-0.25, -0.2) is 0 Å². The van der Waals surface area contributed by atoms with Crippen LogP contribution in [0.25, 0.3) is 0 Å². The summed E-state index contributed by atoms with van der Waals surface area (Å²) in [4.78, 5) is 11.5. The lowest BCUT2D eigenvalue weighted by Gasteiger charge is -2.01. The summed E-state index contributed by atoms with van der Waals surface area (Å²) in [6.45, 7) is 0.615. The van der Waals surface area contributed by atoms with Crippen molar-refractivity contribution in [2.24, 2.45) is 7.05 Å². The number of nitrogens with one attached hydrogen (secondary N) is 1. The third kappa shape index (κ3) is 2.53. The second-order valence-electron chi connectivity index (χ2n) is 3.67. The predicted octanol–water partition coefficient (Wildman–Crippen LogP) is 1.59. The zero-order valence-corrected chi connectivity index (χ0v) is 9.14. The van der Waals surface area contributed by atoms with Crippen LogP contribution in [0.2, 0.25) is 0 Å². The van der Waals surface area contributed by atoms with E-state index in [-0.39, 0.29) is 5.91 Å². The lowest BCUT2D eigenvalue weighted by atomic mass is 10.2. The van der Waals surface area contributed by atoms with E-state index in [9.17, 15) is 4.79 Å². The van der Waals surface area contributed by atoms with Gasteiger partial charge in [-0.2, -0.15) is 0 Å². The maximum Gasteiger partial charge on any atom is 0.286 e. The van der Waals surface area contributed by atoms with Crippen molar-refractivity contribution < 1.29 is 9.21 Å². The lowest BCUT2D eigenvalue weighted by Crippen LogP contribution is -2.25. The maximum absolute atomic E-state index is 11.5. The molecule has 84 valence electrons. The van der Waals surface area contributed by atoms with Gasteiger partial charge in [0, 0.05) is 26.0 Å². The van der Waals surface area contributed by atoms with Crippen molar-refractivity contribution in [3.8, 4) is 0 Å². The maximum atomic E-state index is 11.5. The Morgan fingerprint density at radius 2 is 2.38 bits per heavy atom. The van der Waals surface area contributed by atoms with E-state index in [1.54, 1.807) is 12.1 Å².